The number of aliphatic carboxylic acids is 1. The zero-order valence-corrected chi connectivity index (χ0v) is 11.5. The third-order valence-corrected chi connectivity index (χ3v) is 3.48. The van der Waals surface area contributed by atoms with E-state index in [0.29, 0.717) is 32.6 Å². The van der Waals surface area contributed by atoms with Crippen LogP contribution < -0.4 is 0 Å². The lowest BCUT2D eigenvalue weighted by Gasteiger charge is -2.35. The highest BCUT2D eigenvalue weighted by Gasteiger charge is 2.28. The number of carboxylic acids is 1. The second-order valence-electron chi connectivity index (χ2n) is 4.86. The van der Waals surface area contributed by atoms with Crippen molar-refractivity contribution in [1.82, 2.24) is 14.7 Å². The number of carbonyl (C=O) groups excluding carboxylic acids is 1. The molecule has 1 aromatic rings. The van der Waals surface area contributed by atoms with Crippen molar-refractivity contribution in [1.29, 1.82) is 0 Å². The second-order valence-corrected chi connectivity index (χ2v) is 4.86. The molecule has 0 saturated carbocycles. The maximum atomic E-state index is 12.2. The van der Waals surface area contributed by atoms with Gasteiger partial charge in [0.25, 0.3) is 0 Å². The summed E-state index contributed by atoms with van der Waals surface area (Å²) in [5.41, 5.74) is 0.987. The van der Waals surface area contributed by atoms with Crippen LogP contribution in [-0.4, -0.2) is 57.5 Å². The predicted molar refractivity (Wildman–Crippen MR) is 70.1 cm³/mol. The van der Waals surface area contributed by atoms with Crippen LogP contribution in [0.3, 0.4) is 0 Å². The quantitative estimate of drug-likeness (QED) is 0.824. The number of ether oxygens (including phenoxy) is 1. The van der Waals surface area contributed by atoms with Crippen molar-refractivity contribution >= 4 is 11.9 Å². The highest BCUT2D eigenvalue weighted by molar-refractivity contribution is 5.78. The first kappa shape index (κ1) is 14.5. The number of hydrogen-bond donors (Lipinski definition) is 1. The molecule has 0 aromatic carbocycles. The normalized spacial score (nSPS) is 19.1. The minimum Gasteiger partial charge on any atom is -0.481 e. The zero-order valence-electron chi connectivity index (χ0n) is 11.5. The van der Waals surface area contributed by atoms with Crippen LogP contribution in [0.15, 0.2) is 12.3 Å². The predicted octanol–water partition coefficient (Wildman–Crippen LogP) is 0.0548. The number of aryl methyl sites for hydroxylation is 2. The van der Waals surface area contributed by atoms with Crippen molar-refractivity contribution in [3.05, 3.63) is 18.0 Å². The number of amides is 1. The van der Waals surface area contributed by atoms with Crippen molar-refractivity contribution in [3.8, 4) is 0 Å². The van der Waals surface area contributed by atoms with Gasteiger partial charge in [0.2, 0.25) is 5.91 Å². The van der Waals surface area contributed by atoms with Gasteiger partial charge in [-0.25, -0.2) is 0 Å². The molecule has 7 heteroatoms. The van der Waals surface area contributed by atoms with E-state index >= 15 is 0 Å². The molecule has 1 N–H and O–H groups in total. The van der Waals surface area contributed by atoms with Gasteiger partial charge in [0.05, 0.1) is 25.7 Å². The molecule has 1 aliphatic heterocycles. The van der Waals surface area contributed by atoms with Crippen LogP contribution in [-0.2, 0) is 27.8 Å². The molecule has 7 nitrogen and oxygen atoms in total. The summed E-state index contributed by atoms with van der Waals surface area (Å²) in [6.07, 6.45) is 2.58. The molecular weight excluding hydrogens is 262 g/mol. The molecule has 1 amide bonds. The number of carboxylic acid groups (broad SMARTS) is 1. The molecule has 1 atom stereocenters. The first-order chi connectivity index (χ1) is 9.58. The molecule has 1 unspecified atom stereocenters. The number of nitrogens with zero attached hydrogens (tertiary/aromatic N) is 3. The van der Waals surface area contributed by atoms with Gasteiger partial charge in [0.15, 0.2) is 0 Å². The zero-order chi connectivity index (χ0) is 14.5. The van der Waals surface area contributed by atoms with Crippen molar-refractivity contribution < 1.29 is 19.4 Å². The summed E-state index contributed by atoms with van der Waals surface area (Å²) in [5.74, 6) is -0.939. The summed E-state index contributed by atoms with van der Waals surface area (Å²) in [4.78, 5) is 24.7. The number of hydrogen-bond acceptors (Lipinski definition) is 4. The fourth-order valence-electron chi connectivity index (χ4n) is 2.38. The third kappa shape index (κ3) is 3.57. The van der Waals surface area contributed by atoms with Gasteiger partial charge >= 0.3 is 5.97 Å². The molecule has 20 heavy (non-hydrogen) atoms. The van der Waals surface area contributed by atoms with E-state index in [9.17, 15) is 9.59 Å². The Morgan fingerprint density at radius 3 is 3.00 bits per heavy atom. The van der Waals surface area contributed by atoms with E-state index in [1.54, 1.807) is 15.8 Å². The van der Waals surface area contributed by atoms with Gasteiger partial charge in [-0.15, -0.1) is 0 Å². The highest BCUT2D eigenvalue weighted by atomic mass is 16.5. The van der Waals surface area contributed by atoms with Crippen LogP contribution in [0.5, 0.6) is 0 Å². The van der Waals surface area contributed by atoms with E-state index < -0.39 is 5.97 Å². The Hall–Kier alpha value is -1.89. The van der Waals surface area contributed by atoms with Crippen LogP contribution in [0.25, 0.3) is 0 Å². The van der Waals surface area contributed by atoms with Crippen LogP contribution in [0.4, 0.5) is 0 Å². The van der Waals surface area contributed by atoms with E-state index in [1.165, 1.54) is 0 Å². The lowest BCUT2D eigenvalue weighted by atomic mass is 10.1. The molecule has 1 fully saturated rings. The standard InChI is InChI=1S/C13H19N3O4/c1-15-10(4-5-14-15)2-3-12(17)16-6-7-20-9-11(16)8-13(18)19/h4-5,11H,2-3,6-9H2,1H3,(H,18,19). The van der Waals surface area contributed by atoms with E-state index in [1.807, 2.05) is 13.1 Å². The van der Waals surface area contributed by atoms with Gasteiger partial charge in [-0.1, -0.05) is 0 Å². The van der Waals surface area contributed by atoms with Crippen molar-refractivity contribution in [2.45, 2.75) is 25.3 Å². The molecule has 0 radical (unpaired) electrons. The number of morpholine rings is 1. The SMILES string of the molecule is Cn1nccc1CCC(=O)N1CCOCC1CC(=O)O. The minimum atomic E-state index is -0.912. The average Bonchev–Trinajstić information content (AvgIpc) is 2.81. The van der Waals surface area contributed by atoms with Gasteiger partial charge in [-0.3, -0.25) is 14.3 Å². The Labute approximate surface area is 117 Å². The number of rotatable bonds is 5. The number of carbonyl (C=O) groups is 2. The molecule has 110 valence electrons. The summed E-state index contributed by atoms with van der Waals surface area (Å²) in [7, 11) is 1.84. The number of aromatic nitrogens is 2. The van der Waals surface area contributed by atoms with Crippen LogP contribution in [0.1, 0.15) is 18.5 Å². The first-order valence-electron chi connectivity index (χ1n) is 6.64. The summed E-state index contributed by atoms with van der Waals surface area (Å²) in [6, 6.07) is 1.52. The molecule has 0 aliphatic carbocycles. The topological polar surface area (TPSA) is 84.7 Å². The molecule has 1 saturated heterocycles. The summed E-state index contributed by atoms with van der Waals surface area (Å²) in [5, 5.41) is 12.9. The van der Waals surface area contributed by atoms with Gasteiger partial charge in [0, 0.05) is 31.9 Å². The van der Waals surface area contributed by atoms with E-state index in [-0.39, 0.29) is 18.4 Å². The van der Waals surface area contributed by atoms with Crippen molar-refractivity contribution in [3.63, 3.8) is 0 Å². The van der Waals surface area contributed by atoms with Gasteiger partial charge in [-0.05, 0) is 12.5 Å². The van der Waals surface area contributed by atoms with Gasteiger partial charge < -0.3 is 14.7 Å². The molecule has 0 spiro atoms. The second kappa shape index (κ2) is 6.51. The summed E-state index contributed by atoms with van der Waals surface area (Å²) < 4.78 is 7.00. The van der Waals surface area contributed by atoms with Gasteiger partial charge in [-0.2, -0.15) is 5.10 Å². The molecule has 2 rings (SSSR count). The average molecular weight is 281 g/mol. The smallest absolute Gasteiger partial charge is 0.305 e. The molecular formula is C13H19N3O4. The summed E-state index contributed by atoms with van der Waals surface area (Å²) in [6.45, 7) is 1.22. The van der Waals surface area contributed by atoms with Crippen LogP contribution in [0, 0.1) is 0 Å². The fraction of sp³-hybridized carbons (Fsp3) is 0.615. The Kier molecular flexibility index (Phi) is 4.73. The molecule has 1 aliphatic rings. The van der Waals surface area contributed by atoms with Crippen LogP contribution in [0.2, 0.25) is 0 Å². The monoisotopic (exact) mass is 281 g/mol. The van der Waals surface area contributed by atoms with Crippen molar-refractivity contribution in [2.75, 3.05) is 19.8 Å². The van der Waals surface area contributed by atoms with E-state index in [0.717, 1.165) is 5.69 Å². The summed E-state index contributed by atoms with van der Waals surface area (Å²) >= 11 is 0. The highest BCUT2D eigenvalue weighted by Crippen LogP contribution is 2.13. The molecule has 0 bridgehead atoms. The maximum Gasteiger partial charge on any atom is 0.305 e. The van der Waals surface area contributed by atoms with Gasteiger partial charge in [0.1, 0.15) is 0 Å². The van der Waals surface area contributed by atoms with E-state index in [2.05, 4.69) is 5.10 Å². The Bertz CT molecular complexity index is 486. The lowest BCUT2D eigenvalue weighted by Crippen LogP contribution is -2.49. The van der Waals surface area contributed by atoms with Crippen LogP contribution >= 0.6 is 0 Å². The Morgan fingerprint density at radius 1 is 1.55 bits per heavy atom. The lowest BCUT2D eigenvalue weighted by molar-refractivity contribution is -0.146. The molecule has 2 heterocycles. The first-order valence-corrected chi connectivity index (χ1v) is 6.64. The third-order valence-electron chi connectivity index (χ3n) is 3.48. The largest absolute Gasteiger partial charge is 0.481 e. The van der Waals surface area contributed by atoms with Crippen molar-refractivity contribution in [2.24, 2.45) is 7.05 Å². The Balaban J connectivity index is 1.92. The van der Waals surface area contributed by atoms with E-state index in [4.69, 9.17) is 9.84 Å². The maximum absolute atomic E-state index is 12.2. The molecule has 1 aromatic heterocycles. The fourth-order valence-corrected chi connectivity index (χ4v) is 2.38. The minimum absolute atomic E-state index is 0.0271. The Morgan fingerprint density at radius 2 is 2.35 bits per heavy atom.